The average molecular weight is 300 g/mol. The summed E-state index contributed by atoms with van der Waals surface area (Å²) in [5.41, 5.74) is 0.585. The molecule has 4 heteroatoms. The first-order chi connectivity index (χ1) is 10.7. The topological polar surface area (TPSA) is 52.6 Å². The molecule has 0 saturated carbocycles. The van der Waals surface area contributed by atoms with Gasteiger partial charge in [0.1, 0.15) is 0 Å². The second kappa shape index (κ2) is 6.63. The third-order valence-electron chi connectivity index (χ3n) is 4.87. The third kappa shape index (κ3) is 3.08. The van der Waals surface area contributed by atoms with Gasteiger partial charge in [0, 0.05) is 26.2 Å². The molecule has 2 aliphatic heterocycles. The number of piperidine rings is 2. The highest BCUT2D eigenvalue weighted by Crippen LogP contribution is 2.37. The number of carbonyl (C=O) groups excluding carboxylic acids is 1. The summed E-state index contributed by atoms with van der Waals surface area (Å²) >= 11 is 0. The van der Waals surface area contributed by atoms with Crippen LogP contribution >= 0.6 is 0 Å². The number of aliphatic hydroxyl groups is 1. The number of nitrogens with zero attached hydrogens (tertiary/aromatic N) is 1. The Kier molecular flexibility index (Phi) is 4.60. The monoisotopic (exact) mass is 300 g/mol. The van der Waals surface area contributed by atoms with Crippen LogP contribution in [-0.4, -0.2) is 48.2 Å². The molecule has 118 valence electrons. The maximum atomic E-state index is 12.3. The van der Waals surface area contributed by atoms with Crippen molar-refractivity contribution in [1.82, 2.24) is 10.2 Å². The zero-order chi connectivity index (χ0) is 15.4. The molecule has 1 aromatic rings. The molecule has 2 N–H and O–H groups in total. The van der Waals surface area contributed by atoms with Crippen molar-refractivity contribution in [3.8, 4) is 0 Å². The number of benzene rings is 1. The van der Waals surface area contributed by atoms with Gasteiger partial charge < -0.3 is 10.4 Å². The van der Waals surface area contributed by atoms with E-state index < -0.39 is 11.5 Å². The lowest BCUT2D eigenvalue weighted by Gasteiger charge is -2.46. The van der Waals surface area contributed by atoms with Crippen LogP contribution in [-0.2, 0) is 4.79 Å². The second-order valence-electron chi connectivity index (χ2n) is 6.37. The van der Waals surface area contributed by atoms with Crippen molar-refractivity contribution in [3.05, 3.63) is 42.0 Å². The van der Waals surface area contributed by atoms with E-state index in [2.05, 4.69) is 34.5 Å². The maximum absolute atomic E-state index is 12.3. The van der Waals surface area contributed by atoms with Crippen LogP contribution < -0.4 is 5.32 Å². The normalized spacial score (nSPS) is 29.9. The van der Waals surface area contributed by atoms with Crippen LogP contribution in [0, 0.1) is 5.41 Å². The standard InChI is InChI=1S/C18H24N2O2/c21-16-9-13-20(12-4-8-15-6-2-1-3-7-15)14-18(16)10-5-11-19-17(18)22/h1-4,6-8,16,21H,5,9-14H2,(H,19,22)/t16-,18-/m1/s1. The summed E-state index contributed by atoms with van der Waals surface area (Å²) in [5, 5.41) is 13.3. The van der Waals surface area contributed by atoms with Crippen LogP contribution in [0.5, 0.6) is 0 Å². The van der Waals surface area contributed by atoms with Gasteiger partial charge in [-0.2, -0.15) is 0 Å². The van der Waals surface area contributed by atoms with E-state index in [1.165, 1.54) is 5.56 Å². The Bertz CT molecular complexity index is 543. The summed E-state index contributed by atoms with van der Waals surface area (Å²) in [5.74, 6) is 0.0305. The van der Waals surface area contributed by atoms with E-state index in [-0.39, 0.29) is 5.91 Å². The van der Waals surface area contributed by atoms with E-state index in [1.54, 1.807) is 0 Å². The van der Waals surface area contributed by atoms with Crippen molar-refractivity contribution in [2.75, 3.05) is 26.2 Å². The molecule has 1 aromatic carbocycles. The fraction of sp³-hybridized carbons (Fsp3) is 0.500. The molecule has 2 fully saturated rings. The Morgan fingerprint density at radius 3 is 2.95 bits per heavy atom. The number of rotatable bonds is 3. The van der Waals surface area contributed by atoms with Crippen molar-refractivity contribution in [1.29, 1.82) is 0 Å². The largest absolute Gasteiger partial charge is 0.392 e. The Labute approximate surface area is 131 Å². The van der Waals surface area contributed by atoms with Gasteiger partial charge in [-0.1, -0.05) is 42.5 Å². The van der Waals surface area contributed by atoms with Crippen molar-refractivity contribution >= 4 is 12.0 Å². The molecule has 0 bridgehead atoms. The number of hydrogen-bond acceptors (Lipinski definition) is 3. The number of aliphatic hydroxyl groups excluding tert-OH is 1. The highest BCUT2D eigenvalue weighted by Gasteiger charge is 2.49. The van der Waals surface area contributed by atoms with E-state index in [4.69, 9.17) is 0 Å². The van der Waals surface area contributed by atoms with Gasteiger partial charge in [-0.15, -0.1) is 0 Å². The number of amides is 1. The lowest BCUT2D eigenvalue weighted by Crippen LogP contribution is -2.61. The second-order valence-corrected chi connectivity index (χ2v) is 6.37. The van der Waals surface area contributed by atoms with Crippen LogP contribution in [0.2, 0.25) is 0 Å². The van der Waals surface area contributed by atoms with E-state index >= 15 is 0 Å². The Balaban J connectivity index is 1.63. The van der Waals surface area contributed by atoms with Gasteiger partial charge in [-0.05, 0) is 24.8 Å². The van der Waals surface area contributed by atoms with Crippen molar-refractivity contribution in [2.45, 2.75) is 25.4 Å². The fourth-order valence-electron chi connectivity index (χ4n) is 3.59. The molecule has 0 unspecified atom stereocenters. The zero-order valence-electron chi connectivity index (χ0n) is 12.9. The van der Waals surface area contributed by atoms with Gasteiger partial charge in [0.2, 0.25) is 5.91 Å². The van der Waals surface area contributed by atoms with Gasteiger partial charge in [0.25, 0.3) is 0 Å². The summed E-state index contributed by atoms with van der Waals surface area (Å²) in [6, 6.07) is 10.2. The van der Waals surface area contributed by atoms with Gasteiger partial charge >= 0.3 is 0 Å². The van der Waals surface area contributed by atoms with Gasteiger partial charge in [0.15, 0.2) is 0 Å². The first-order valence-corrected chi connectivity index (χ1v) is 8.11. The summed E-state index contributed by atoms with van der Waals surface area (Å²) < 4.78 is 0. The molecule has 0 aromatic heterocycles. The minimum Gasteiger partial charge on any atom is -0.392 e. The molecule has 0 radical (unpaired) electrons. The minimum atomic E-state index is -0.600. The summed E-state index contributed by atoms with van der Waals surface area (Å²) in [6.45, 7) is 3.05. The van der Waals surface area contributed by atoms with Crippen molar-refractivity contribution < 1.29 is 9.90 Å². The molecule has 3 rings (SSSR count). The van der Waals surface area contributed by atoms with Crippen LogP contribution in [0.15, 0.2) is 36.4 Å². The van der Waals surface area contributed by atoms with Crippen LogP contribution in [0.4, 0.5) is 0 Å². The third-order valence-corrected chi connectivity index (χ3v) is 4.87. The van der Waals surface area contributed by atoms with Crippen LogP contribution in [0.1, 0.15) is 24.8 Å². The number of hydrogen-bond donors (Lipinski definition) is 2. The van der Waals surface area contributed by atoms with Crippen molar-refractivity contribution in [3.63, 3.8) is 0 Å². The minimum absolute atomic E-state index is 0.0305. The molecule has 0 aliphatic carbocycles. The van der Waals surface area contributed by atoms with Gasteiger partial charge in [-0.3, -0.25) is 9.69 Å². The average Bonchev–Trinajstić information content (AvgIpc) is 2.54. The number of nitrogens with one attached hydrogen (secondary N) is 1. The van der Waals surface area contributed by atoms with E-state index in [0.717, 1.165) is 32.5 Å². The predicted octanol–water partition coefficient (Wildman–Crippen LogP) is 1.66. The van der Waals surface area contributed by atoms with E-state index in [1.807, 2.05) is 18.2 Å². The first kappa shape index (κ1) is 15.3. The van der Waals surface area contributed by atoms with E-state index in [0.29, 0.717) is 13.0 Å². The SMILES string of the molecule is O=C1NCCC[C@]12CN(CC=Cc1ccccc1)CC[C@H]2O. The molecule has 1 spiro atoms. The van der Waals surface area contributed by atoms with Gasteiger partial charge in [-0.25, -0.2) is 0 Å². The predicted molar refractivity (Wildman–Crippen MR) is 87.2 cm³/mol. The Morgan fingerprint density at radius 2 is 2.18 bits per heavy atom. The van der Waals surface area contributed by atoms with Crippen LogP contribution in [0.25, 0.3) is 6.08 Å². The number of likely N-dealkylation sites (tertiary alicyclic amines) is 1. The highest BCUT2D eigenvalue weighted by molar-refractivity contribution is 5.84. The fourth-order valence-corrected chi connectivity index (χ4v) is 3.59. The Morgan fingerprint density at radius 1 is 1.36 bits per heavy atom. The quantitative estimate of drug-likeness (QED) is 0.893. The molecule has 2 saturated heterocycles. The molecule has 2 atom stereocenters. The summed E-state index contributed by atoms with van der Waals surface area (Å²) in [6.07, 6.45) is 6.16. The summed E-state index contributed by atoms with van der Waals surface area (Å²) in [4.78, 5) is 14.6. The lowest BCUT2D eigenvalue weighted by atomic mass is 9.71. The first-order valence-electron chi connectivity index (χ1n) is 8.11. The maximum Gasteiger partial charge on any atom is 0.230 e. The van der Waals surface area contributed by atoms with Crippen molar-refractivity contribution in [2.24, 2.45) is 5.41 Å². The summed E-state index contributed by atoms with van der Waals surface area (Å²) in [7, 11) is 0. The smallest absolute Gasteiger partial charge is 0.230 e. The highest BCUT2D eigenvalue weighted by atomic mass is 16.3. The molecule has 4 nitrogen and oxygen atoms in total. The molecular formula is C18H24N2O2. The zero-order valence-corrected chi connectivity index (χ0v) is 12.9. The molecular weight excluding hydrogens is 276 g/mol. The molecule has 1 amide bonds. The van der Waals surface area contributed by atoms with E-state index in [9.17, 15) is 9.90 Å². The Hall–Kier alpha value is -1.65. The molecule has 22 heavy (non-hydrogen) atoms. The van der Waals surface area contributed by atoms with Crippen LogP contribution in [0.3, 0.4) is 0 Å². The molecule has 2 heterocycles. The lowest BCUT2D eigenvalue weighted by molar-refractivity contribution is -0.148. The number of carbonyl (C=O) groups is 1. The van der Waals surface area contributed by atoms with Gasteiger partial charge in [0.05, 0.1) is 11.5 Å². The molecule has 2 aliphatic rings.